The molecule has 4 nitrogen and oxygen atoms in total. The lowest BCUT2D eigenvalue weighted by atomic mass is 9.98. The molecule has 1 unspecified atom stereocenters. The fourth-order valence-electron chi connectivity index (χ4n) is 2.21. The summed E-state index contributed by atoms with van der Waals surface area (Å²) < 4.78 is 0. The predicted molar refractivity (Wildman–Crippen MR) is 82.2 cm³/mol. The molecular weight excluding hydrogens is 266 g/mol. The fraction of sp³-hybridized carbons (Fsp3) is 0.235. The smallest absolute Gasteiger partial charge is 0.232 e. The molecule has 21 heavy (non-hydrogen) atoms. The van der Waals surface area contributed by atoms with Crippen LogP contribution in [0.2, 0.25) is 0 Å². The average molecular weight is 285 g/mol. The summed E-state index contributed by atoms with van der Waals surface area (Å²) >= 11 is 0. The van der Waals surface area contributed by atoms with Crippen LogP contribution in [0.5, 0.6) is 5.75 Å². The molecule has 0 aliphatic carbocycles. The van der Waals surface area contributed by atoms with Gasteiger partial charge in [-0.15, -0.1) is 0 Å². The molecule has 0 aromatic heterocycles. The van der Waals surface area contributed by atoms with Crippen LogP contribution in [-0.4, -0.2) is 29.8 Å². The molecular formula is C17H19NO3. The van der Waals surface area contributed by atoms with Crippen molar-refractivity contribution < 1.29 is 15.0 Å². The first-order valence-corrected chi connectivity index (χ1v) is 6.83. The Morgan fingerprint density at radius 1 is 1.10 bits per heavy atom. The Balaban J connectivity index is 2.10. The largest absolute Gasteiger partial charge is 0.508 e. The van der Waals surface area contributed by atoms with Gasteiger partial charge in [0.2, 0.25) is 5.91 Å². The van der Waals surface area contributed by atoms with Crippen molar-refractivity contribution in [3.63, 3.8) is 0 Å². The Labute approximate surface area is 124 Å². The van der Waals surface area contributed by atoms with E-state index in [1.54, 1.807) is 19.2 Å². The van der Waals surface area contributed by atoms with E-state index in [0.717, 1.165) is 5.56 Å². The average Bonchev–Trinajstić information content (AvgIpc) is 2.53. The molecule has 2 N–H and O–H groups in total. The number of hydrogen-bond acceptors (Lipinski definition) is 3. The predicted octanol–water partition coefficient (Wildman–Crippen LogP) is 2.21. The van der Waals surface area contributed by atoms with E-state index < -0.39 is 5.92 Å². The molecule has 0 fully saturated rings. The Kier molecular flexibility index (Phi) is 4.95. The monoisotopic (exact) mass is 285 g/mol. The van der Waals surface area contributed by atoms with Gasteiger partial charge in [-0.1, -0.05) is 30.3 Å². The van der Waals surface area contributed by atoms with Crippen molar-refractivity contribution in [2.75, 3.05) is 18.6 Å². The van der Waals surface area contributed by atoms with Crippen LogP contribution in [0.15, 0.2) is 54.6 Å². The van der Waals surface area contributed by atoms with Gasteiger partial charge in [0.1, 0.15) is 5.75 Å². The number of amides is 1. The van der Waals surface area contributed by atoms with Gasteiger partial charge in [-0.3, -0.25) is 4.79 Å². The Morgan fingerprint density at radius 2 is 1.71 bits per heavy atom. The summed E-state index contributed by atoms with van der Waals surface area (Å²) in [6.45, 7) is -0.198. The first-order chi connectivity index (χ1) is 10.1. The molecule has 0 bridgehead atoms. The summed E-state index contributed by atoms with van der Waals surface area (Å²) in [7, 11) is 1.67. The van der Waals surface area contributed by atoms with Gasteiger partial charge >= 0.3 is 0 Å². The SMILES string of the molecule is CN(C(=O)C(CO)Cc1ccccc1)c1ccc(O)cc1. The lowest BCUT2D eigenvalue weighted by molar-refractivity contribution is -0.123. The van der Waals surface area contributed by atoms with Gasteiger partial charge in [-0.05, 0) is 36.2 Å². The third kappa shape index (κ3) is 3.83. The molecule has 2 aromatic carbocycles. The highest BCUT2D eigenvalue weighted by Gasteiger charge is 2.22. The highest BCUT2D eigenvalue weighted by Crippen LogP contribution is 2.20. The maximum Gasteiger partial charge on any atom is 0.232 e. The van der Waals surface area contributed by atoms with Crippen molar-refractivity contribution in [3.8, 4) is 5.75 Å². The van der Waals surface area contributed by atoms with E-state index in [1.165, 1.54) is 17.0 Å². The molecule has 0 aliphatic rings. The fourth-order valence-corrected chi connectivity index (χ4v) is 2.21. The van der Waals surface area contributed by atoms with Crippen LogP contribution < -0.4 is 4.90 Å². The van der Waals surface area contributed by atoms with Crippen molar-refractivity contribution in [1.29, 1.82) is 0 Å². The number of anilines is 1. The van der Waals surface area contributed by atoms with Crippen LogP contribution in [0, 0.1) is 5.92 Å². The number of benzene rings is 2. The zero-order chi connectivity index (χ0) is 15.2. The van der Waals surface area contributed by atoms with Gasteiger partial charge in [0, 0.05) is 12.7 Å². The Hall–Kier alpha value is -2.33. The Bertz CT molecular complexity index is 581. The number of aromatic hydroxyl groups is 1. The maximum absolute atomic E-state index is 12.5. The van der Waals surface area contributed by atoms with Crippen molar-refractivity contribution in [1.82, 2.24) is 0 Å². The standard InChI is InChI=1S/C17H19NO3/c1-18(15-7-9-16(20)10-8-15)17(21)14(12-19)11-13-5-3-2-4-6-13/h2-10,14,19-20H,11-12H2,1H3. The van der Waals surface area contributed by atoms with E-state index in [4.69, 9.17) is 0 Å². The first kappa shape index (κ1) is 15.1. The number of phenols is 1. The highest BCUT2D eigenvalue weighted by molar-refractivity contribution is 5.94. The summed E-state index contributed by atoms with van der Waals surface area (Å²) in [5, 5.41) is 18.8. The number of rotatable bonds is 5. The highest BCUT2D eigenvalue weighted by atomic mass is 16.3. The van der Waals surface area contributed by atoms with Crippen LogP contribution in [0.3, 0.4) is 0 Å². The molecule has 0 spiro atoms. The number of aliphatic hydroxyl groups excluding tert-OH is 1. The van der Waals surface area contributed by atoms with E-state index in [2.05, 4.69) is 0 Å². The van der Waals surface area contributed by atoms with Gasteiger partial charge in [0.25, 0.3) is 0 Å². The van der Waals surface area contributed by atoms with E-state index in [-0.39, 0.29) is 18.3 Å². The lowest BCUT2D eigenvalue weighted by Crippen LogP contribution is -2.35. The molecule has 2 rings (SSSR count). The number of carbonyl (C=O) groups is 1. The summed E-state index contributed by atoms with van der Waals surface area (Å²) in [4.78, 5) is 14.0. The maximum atomic E-state index is 12.5. The zero-order valence-corrected chi connectivity index (χ0v) is 11.9. The van der Waals surface area contributed by atoms with Crippen LogP contribution >= 0.6 is 0 Å². The van der Waals surface area contributed by atoms with Crippen LogP contribution in [0.1, 0.15) is 5.56 Å². The van der Waals surface area contributed by atoms with Gasteiger partial charge in [0.05, 0.1) is 12.5 Å². The molecule has 1 amide bonds. The van der Waals surface area contributed by atoms with Gasteiger partial charge in [-0.2, -0.15) is 0 Å². The topological polar surface area (TPSA) is 60.8 Å². The molecule has 0 heterocycles. The van der Waals surface area contributed by atoms with Crippen molar-refractivity contribution in [2.45, 2.75) is 6.42 Å². The molecule has 0 saturated carbocycles. The summed E-state index contributed by atoms with van der Waals surface area (Å²) in [5.74, 6) is -0.471. The van der Waals surface area contributed by atoms with Gasteiger partial charge in [0.15, 0.2) is 0 Å². The van der Waals surface area contributed by atoms with E-state index in [9.17, 15) is 15.0 Å². The number of aliphatic hydroxyl groups is 1. The first-order valence-electron chi connectivity index (χ1n) is 6.83. The molecule has 0 saturated heterocycles. The van der Waals surface area contributed by atoms with Crippen LogP contribution in [0.4, 0.5) is 5.69 Å². The van der Waals surface area contributed by atoms with Crippen LogP contribution in [0.25, 0.3) is 0 Å². The molecule has 0 radical (unpaired) electrons. The van der Waals surface area contributed by atoms with Crippen molar-refractivity contribution >= 4 is 11.6 Å². The normalized spacial score (nSPS) is 11.9. The molecule has 1 atom stereocenters. The van der Waals surface area contributed by atoms with E-state index >= 15 is 0 Å². The summed E-state index contributed by atoms with van der Waals surface area (Å²) in [6.07, 6.45) is 0.499. The minimum Gasteiger partial charge on any atom is -0.508 e. The minimum absolute atomic E-state index is 0.146. The van der Waals surface area contributed by atoms with Crippen molar-refractivity contribution in [2.24, 2.45) is 5.92 Å². The number of nitrogens with zero attached hydrogens (tertiary/aromatic N) is 1. The summed E-state index contributed by atoms with van der Waals surface area (Å²) in [5.41, 5.74) is 1.70. The molecule has 4 heteroatoms. The number of carbonyl (C=O) groups excluding carboxylic acids is 1. The molecule has 0 aliphatic heterocycles. The second-order valence-corrected chi connectivity index (χ2v) is 4.98. The van der Waals surface area contributed by atoms with E-state index in [0.29, 0.717) is 12.1 Å². The quantitative estimate of drug-likeness (QED) is 0.885. The van der Waals surface area contributed by atoms with Gasteiger partial charge < -0.3 is 15.1 Å². The molecule has 2 aromatic rings. The zero-order valence-electron chi connectivity index (χ0n) is 11.9. The number of hydrogen-bond donors (Lipinski definition) is 2. The lowest BCUT2D eigenvalue weighted by Gasteiger charge is -2.23. The summed E-state index contributed by atoms with van der Waals surface area (Å²) in [6, 6.07) is 16.0. The second kappa shape index (κ2) is 6.90. The van der Waals surface area contributed by atoms with Crippen molar-refractivity contribution in [3.05, 3.63) is 60.2 Å². The second-order valence-electron chi connectivity index (χ2n) is 4.98. The van der Waals surface area contributed by atoms with Crippen LogP contribution in [-0.2, 0) is 11.2 Å². The number of phenolic OH excluding ortho intramolecular Hbond substituents is 1. The third-order valence-corrected chi connectivity index (χ3v) is 3.46. The third-order valence-electron chi connectivity index (χ3n) is 3.46. The minimum atomic E-state index is -0.480. The van der Waals surface area contributed by atoms with E-state index in [1.807, 2.05) is 30.3 Å². The molecule has 110 valence electrons. The Morgan fingerprint density at radius 3 is 2.29 bits per heavy atom. The van der Waals surface area contributed by atoms with Gasteiger partial charge in [-0.25, -0.2) is 0 Å².